The van der Waals surface area contributed by atoms with Gasteiger partial charge in [-0.25, -0.2) is 0 Å². The number of benzene rings is 1. The molecule has 1 unspecified atom stereocenters. The monoisotopic (exact) mass is 309 g/mol. The van der Waals surface area contributed by atoms with Crippen molar-refractivity contribution in [3.8, 4) is 6.07 Å². The van der Waals surface area contributed by atoms with Gasteiger partial charge in [0, 0.05) is 24.6 Å². The minimum absolute atomic E-state index is 0.168. The third-order valence-electron chi connectivity index (χ3n) is 3.64. The van der Waals surface area contributed by atoms with Gasteiger partial charge in [0.25, 0.3) is 0 Å². The largest absolute Gasteiger partial charge is 0.481 e. The summed E-state index contributed by atoms with van der Waals surface area (Å²) in [5, 5.41) is 18.0. The highest BCUT2D eigenvalue weighted by Gasteiger charge is 2.16. The predicted molar refractivity (Wildman–Crippen MR) is 88.1 cm³/mol. The second-order valence-electron chi connectivity index (χ2n) is 5.48. The van der Waals surface area contributed by atoms with E-state index in [0.29, 0.717) is 6.54 Å². The van der Waals surface area contributed by atoms with E-state index in [1.54, 1.807) is 24.2 Å². The fraction of sp³-hybridized carbons (Fsp3) is 0.278. The number of rotatable bonds is 7. The van der Waals surface area contributed by atoms with Gasteiger partial charge in [-0.15, -0.1) is 0 Å². The number of aliphatic carboxylic acids is 1. The summed E-state index contributed by atoms with van der Waals surface area (Å²) in [6.45, 7) is 2.12. The fourth-order valence-electron chi connectivity index (χ4n) is 2.32. The molecule has 1 aromatic carbocycles. The van der Waals surface area contributed by atoms with Crippen molar-refractivity contribution in [3.05, 3.63) is 59.9 Å². The van der Waals surface area contributed by atoms with Crippen molar-refractivity contribution in [2.45, 2.75) is 13.3 Å². The van der Waals surface area contributed by atoms with E-state index < -0.39 is 11.9 Å². The molecule has 0 amide bonds. The normalized spacial score (nSPS) is 11.5. The molecule has 0 bridgehead atoms. The van der Waals surface area contributed by atoms with E-state index in [2.05, 4.69) is 11.1 Å². The first-order chi connectivity index (χ1) is 11.1. The fourth-order valence-corrected chi connectivity index (χ4v) is 2.32. The predicted octanol–water partition coefficient (Wildman–Crippen LogP) is 2.72. The second kappa shape index (κ2) is 7.95. The Morgan fingerprint density at radius 2 is 1.83 bits per heavy atom. The number of carbonyl (C=O) groups is 1. The molecule has 5 heteroatoms. The molecule has 2 rings (SSSR count). The number of hydrogen-bond acceptors (Lipinski definition) is 4. The van der Waals surface area contributed by atoms with Crippen LogP contribution in [0.25, 0.3) is 0 Å². The van der Waals surface area contributed by atoms with Gasteiger partial charge in [0.2, 0.25) is 0 Å². The maximum absolute atomic E-state index is 11.0. The Morgan fingerprint density at radius 3 is 2.39 bits per heavy atom. The zero-order chi connectivity index (χ0) is 16.7. The quantitative estimate of drug-likeness (QED) is 0.796. The maximum atomic E-state index is 11.0. The summed E-state index contributed by atoms with van der Waals surface area (Å²) in [4.78, 5) is 16.8. The van der Waals surface area contributed by atoms with Crippen LogP contribution in [0.5, 0.6) is 0 Å². The number of anilines is 1. The van der Waals surface area contributed by atoms with Crippen molar-refractivity contribution in [2.24, 2.45) is 5.92 Å². The maximum Gasteiger partial charge on any atom is 0.308 e. The van der Waals surface area contributed by atoms with Gasteiger partial charge in [-0.2, -0.15) is 5.26 Å². The average Bonchev–Trinajstić information content (AvgIpc) is 2.56. The first-order valence-electron chi connectivity index (χ1n) is 7.42. The Hall–Kier alpha value is -2.87. The van der Waals surface area contributed by atoms with E-state index in [9.17, 15) is 4.79 Å². The van der Waals surface area contributed by atoms with Crippen LogP contribution in [0.2, 0.25) is 0 Å². The lowest BCUT2D eigenvalue weighted by atomic mass is 10.1. The number of carboxylic acid groups (broad SMARTS) is 1. The minimum Gasteiger partial charge on any atom is -0.481 e. The molecule has 0 spiro atoms. The topological polar surface area (TPSA) is 77.2 Å². The van der Waals surface area contributed by atoms with Crippen LogP contribution in [-0.4, -0.2) is 29.1 Å². The molecule has 2 aromatic rings. The highest BCUT2D eigenvalue weighted by Crippen LogP contribution is 2.18. The van der Waals surface area contributed by atoms with Gasteiger partial charge in [-0.1, -0.05) is 19.1 Å². The molecular formula is C18H19N3O2. The molecule has 1 aromatic heterocycles. The summed E-state index contributed by atoms with van der Waals surface area (Å²) >= 11 is 0. The van der Waals surface area contributed by atoms with Gasteiger partial charge < -0.3 is 10.0 Å². The number of nitriles is 1. The highest BCUT2D eigenvalue weighted by atomic mass is 16.4. The van der Waals surface area contributed by atoms with Gasteiger partial charge in [0.15, 0.2) is 0 Å². The van der Waals surface area contributed by atoms with E-state index in [1.807, 2.05) is 36.4 Å². The van der Waals surface area contributed by atoms with E-state index >= 15 is 0 Å². The van der Waals surface area contributed by atoms with Crippen LogP contribution >= 0.6 is 0 Å². The lowest BCUT2D eigenvalue weighted by molar-refractivity contribution is -0.140. The van der Waals surface area contributed by atoms with E-state index in [0.717, 1.165) is 17.7 Å². The Balaban J connectivity index is 2.09. The highest BCUT2D eigenvalue weighted by molar-refractivity contribution is 5.70. The minimum atomic E-state index is -0.859. The zero-order valence-electron chi connectivity index (χ0n) is 13.0. The molecule has 0 aliphatic carbocycles. The smallest absolute Gasteiger partial charge is 0.308 e. The van der Waals surface area contributed by atoms with Crippen molar-refractivity contribution in [3.63, 3.8) is 0 Å². The SMILES string of the molecule is CC(CN(CC#N)c1ccc(Cc2ccncc2)cc1)C(=O)O. The van der Waals surface area contributed by atoms with Gasteiger partial charge >= 0.3 is 5.97 Å². The van der Waals surface area contributed by atoms with E-state index in [4.69, 9.17) is 10.4 Å². The summed E-state index contributed by atoms with van der Waals surface area (Å²) < 4.78 is 0. The lowest BCUT2D eigenvalue weighted by Gasteiger charge is -2.24. The van der Waals surface area contributed by atoms with Gasteiger partial charge in [-0.05, 0) is 41.8 Å². The summed E-state index contributed by atoms with van der Waals surface area (Å²) in [5.41, 5.74) is 3.20. The molecule has 1 heterocycles. The summed E-state index contributed by atoms with van der Waals surface area (Å²) in [5.74, 6) is -1.39. The van der Waals surface area contributed by atoms with Crippen molar-refractivity contribution in [2.75, 3.05) is 18.0 Å². The Morgan fingerprint density at radius 1 is 1.22 bits per heavy atom. The lowest BCUT2D eigenvalue weighted by Crippen LogP contribution is -2.32. The van der Waals surface area contributed by atoms with Crippen LogP contribution in [-0.2, 0) is 11.2 Å². The van der Waals surface area contributed by atoms with Crippen molar-refractivity contribution >= 4 is 11.7 Å². The summed E-state index contributed by atoms with van der Waals surface area (Å²) in [6, 6.07) is 13.9. The van der Waals surface area contributed by atoms with Crippen LogP contribution in [0.3, 0.4) is 0 Å². The third kappa shape index (κ3) is 4.82. The van der Waals surface area contributed by atoms with Crippen LogP contribution in [0, 0.1) is 17.2 Å². The molecule has 118 valence electrons. The molecule has 0 fully saturated rings. The van der Waals surface area contributed by atoms with Gasteiger partial charge in [0.05, 0.1) is 12.0 Å². The molecule has 1 N–H and O–H groups in total. The third-order valence-corrected chi connectivity index (χ3v) is 3.64. The zero-order valence-corrected chi connectivity index (χ0v) is 13.0. The second-order valence-corrected chi connectivity index (χ2v) is 5.48. The average molecular weight is 309 g/mol. The van der Waals surface area contributed by atoms with E-state index in [-0.39, 0.29) is 6.54 Å². The molecule has 0 saturated heterocycles. The van der Waals surface area contributed by atoms with Crippen molar-refractivity contribution < 1.29 is 9.90 Å². The molecule has 0 radical (unpaired) electrons. The van der Waals surface area contributed by atoms with E-state index in [1.165, 1.54) is 5.56 Å². The number of pyridine rings is 1. The molecule has 5 nitrogen and oxygen atoms in total. The Bertz CT molecular complexity index is 678. The number of carboxylic acids is 1. The van der Waals surface area contributed by atoms with Crippen molar-refractivity contribution in [1.82, 2.24) is 4.98 Å². The first-order valence-corrected chi connectivity index (χ1v) is 7.42. The number of nitrogens with zero attached hydrogens (tertiary/aromatic N) is 3. The molecule has 0 aliphatic rings. The Kier molecular flexibility index (Phi) is 5.70. The van der Waals surface area contributed by atoms with Gasteiger partial charge in [0.1, 0.15) is 6.54 Å². The Labute approximate surface area is 135 Å². The molecule has 0 saturated carbocycles. The molecular weight excluding hydrogens is 290 g/mol. The standard InChI is InChI=1S/C18H19N3O2/c1-14(18(22)23)13-21(11-8-19)17-4-2-15(3-5-17)12-16-6-9-20-10-7-16/h2-7,9-10,14H,11-13H2,1H3,(H,22,23). The molecule has 1 atom stereocenters. The van der Waals surface area contributed by atoms with Crippen LogP contribution in [0.1, 0.15) is 18.1 Å². The van der Waals surface area contributed by atoms with Crippen LogP contribution < -0.4 is 4.90 Å². The summed E-state index contributed by atoms with van der Waals surface area (Å²) in [6.07, 6.45) is 4.35. The van der Waals surface area contributed by atoms with Crippen molar-refractivity contribution in [1.29, 1.82) is 5.26 Å². The van der Waals surface area contributed by atoms with Crippen LogP contribution in [0.4, 0.5) is 5.69 Å². The number of aromatic nitrogens is 1. The number of hydrogen-bond donors (Lipinski definition) is 1. The molecule has 0 aliphatic heterocycles. The first kappa shape index (κ1) is 16.5. The summed E-state index contributed by atoms with van der Waals surface area (Å²) in [7, 11) is 0. The van der Waals surface area contributed by atoms with Crippen LogP contribution in [0.15, 0.2) is 48.8 Å². The van der Waals surface area contributed by atoms with Gasteiger partial charge in [-0.3, -0.25) is 9.78 Å². The molecule has 23 heavy (non-hydrogen) atoms.